The average Bonchev–Trinajstić information content (AvgIpc) is 2.44. The van der Waals surface area contributed by atoms with E-state index in [4.69, 9.17) is 5.73 Å². The lowest BCUT2D eigenvalue weighted by atomic mass is 9.93. The smallest absolute Gasteiger partial charge is 0.230 e. The number of amides is 1. The van der Waals surface area contributed by atoms with E-state index in [-0.39, 0.29) is 11.4 Å². The zero-order valence-corrected chi connectivity index (χ0v) is 12.8. The Balaban J connectivity index is 2.49. The van der Waals surface area contributed by atoms with E-state index in [1.165, 1.54) is 5.56 Å². The quantitative estimate of drug-likeness (QED) is 0.755. The lowest BCUT2D eigenvalue weighted by Gasteiger charge is -2.31. The van der Waals surface area contributed by atoms with Crippen LogP contribution in [0.1, 0.15) is 32.3 Å². The predicted octanol–water partition coefficient (Wildman–Crippen LogP) is 2.72. The first-order valence-corrected chi connectivity index (χ1v) is 7.74. The first-order valence-electron chi connectivity index (χ1n) is 6.75. The van der Waals surface area contributed by atoms with Gasteiger partial charge in [-0.2, -0.15) is 0 Å². The molecule has 106 valence electrons. The topological polar surface area (TPSA) is 55.1 Å². The third kappa shape index (κ3) is 4.88. The van der Waals surface area contributed by atoms with Gasteiger partial charge in [0.2, 0.25) is 5.91 Å². The van der Waals surface area contributed by atoms with Crippen LogP contribution in [0.3, 0.4) is 0 Å². The molecule has 0 fully saturated rings. The summed E-state index contributed by atoms with van der Waals surface area (Å²) >= 11 is 1.56. The lowest BCUT2D eigenvalue weighted by molar-refractivity contribution is -0.120. The standard InChI is InChI=1S/C15H24N2OS/c1-4-15(5-2,11-16)17-14(18)10-19-13-8-6-12(3)7-9-13/h6-9H,4-5,10-11,16H2,1-3H3,(H,17,18). The minimum atomic E-state index is -0.245. The molecule has 0 aliphatic carbocycles. The third-order valence-corrected chi connectivity index (χ3v) is 4.55. The van der Waals surface area contributed by atoms with Gasteiger partial charge >= 0.3 is 0 Å². The fourth-order valence-corrected chi connectivity index (χ4v) is 2.58. The minimum absolute atomic E-state index is 0.0553. The maximum absolute atomic E-state index is 12.0. The Morgan fingerprint density at radius 1 is 1.26 bits per heavy atom. The first-order chi connectivity index (χ1) is 9.05. The fraction of sp³-hybridized carbons (Fsp3) is 0.533. The molecule has 3 nitrogen and oxygen atoms in total. The molecule has 0 aliphatic rings. The first kappa shape index (κ1) is 16.1. The van der Waals surface area contributed by atoms with Gasteiger partial charge in [0.05, 0.1) is 11.3 Å². The van der Waals surface area contributed by atoms with Gasteiger partial charge in [-0.25, -0.2) is 0 Å². The van der Waals surface area contributed by atoms with E-state index in [0.29, 0.717) is 12.3 Å². The molecule has 0 bridgehead atoms. The molecule has 0 spiro atoms. The van der Waals surface area contributed by atoms with Gasteiger partial charge in [-0.1, -0.05) is 31.5 Å². The summed E-state index contributed by atoms with van der Waals surface area (Å²) < 4.78 is 0. The summed E-state index contributed by atoms with van der Waals surface area (Å²) in [5, 5.41) is 3.08. The number of hydrogen-bond donors (Lipinski definition) is 2. The van der Waals surface area contributed by atoms with E-state index in [9.17, 15) is 4.79 Å². The highest BCUT2D eigenvalue weighted by molar-refractivity contribution is 8.00. The Bertz CT molecular complexity index is 391. The van der Waals surface area contributed by atoms with Crippen molar-refractivity contribution in [1.82, 2.24) is 5.32 Å². The van der Waals surface area contributed by atoms with Crippen molar-refractivity contribution in [2.24, 2.45) is 5.73 Å². The zero-order chi connectivity index (χ0) is 14.3. The molecular formula is C15H24N2OS. The van der Waals surface area contributed by atoms with Crippen molar-refractivity contribution in [2.45, 2.75) is 44.0 Å². The third-order valence-electron chi connectivity index (χ3n) is 3.54. The van der Waals surface area contributed by atoms with E-state index >= 15 is 0 Å². The van der Waals surface area contributed by atoms with Crippen molar-refractivity contribution in [2.75, 3.05) is 12.3 Å². The highest BCUT2D eigenvalue weighted by Gasteiger charge is 2.25. The highest BCUT2D eigenvalue weighted by atomic mass is 32.2. The largest absolute Gasteiger partial charge is 0.349 e. The normalized spacial score (nSPS) is 11.4. The molecule has 1 aromatic carbocycles. The Hall–Kier alpha value is -1.00. The van der Waals surface area contributed by atoms with E-state index < -0.39 is 0 Å². The molecule has 19 heavy (non-hydrogen) atoms. The van der Waals surface area contributed by atoms with Crippen LogP contribution in [0.15, 0.2) is 29.2 Å². The van der Waals surface area contributed by atoms with Crippen molar-refractivity contribution in [3.8, 4) is 0 Å². The van der Waals surface area contributed by atoms with Crippen molar-refractivity contribution >= 4 is 17.7 Å². The zero-order valence-electron chi connectivity index (χ0n) is 12.0. The number of rotatable bonds is 7. The van der Waals surface area contributed by atoms with Crippen LogP contribution in [0.25, 0.3) is 0 Å². The summed E-state index contributed by atoms with van der Waals surface area (Å²) in [6.45, 7) is 6.66. The number of carbonyl (C=O) groups excluding carboxylic acids is 1. The molecular weight excluding hydrogens is 256 g/mol. The van der Waals surface area contributed by atoms with Crippen LogP contribution in [0.4, 0.5) is 0 Å². The second kappa shape index (κ2) is 7.56. The molecule has 0 heterocycles. The molecule has 0 aliphatic heterocycles. The average molecular weight is 280 g/mol. The number of benzene rings is 1. The maximum Gasteiger partial charge on any atom is 0.230 e. The number of hydrogen-bond acceptors (Lipinski definition) is 3. The number of nitrogens with two attached hydrogens (primary N) is 1. The van der Waals surface area contributed by atoms with Gasteiger partial charge in [-0.15, -0.1) is 11.8 Å². The van der Waals surface area contributed by atoms with Gasteiger partial charge in [0.1, 0.15) is 0 Å². The molecule has 0 unspecified atom stereocenters. The van der Waals surface area contributed by atoms with Crippen LogP contribution >= 0.6 is 11.8 Å². The maximum atomic E-state index is 12.0. The number of nitrogens with one attached hydrogen (secondary N) is 1. The van der Waals surface area contributed by atoms with Crippen molar-refractivity contribution in [3.05, 3.63) is 29.8 Å². The minimum Gasteiger partial charge on any atom is -0.349 e. The molecule has 0 radical (unpaired) electrons. The molecule has 3 N–H and O–H groups in total. The van der Waals surface area contributed by atoms with Gasteiger partial charge in [0, 0.05) is 11.4 Å². The number of thioether (sulfide) groups is 1. The van der Waals surface area contributed by atoms with Crippen LogP contribution < -0.4 is 11.1 Å². The molecule has 1 aromatic rings. The molecule has 0 saturated heterocycles. The van der Waals surface area contributed by atoms with Gasteiger partial charge in [-0.3, -0.25) is 4.79 Å². The summed E-state index contributed by atoms with van der Waals surface area (Å²) in [6, 6.07) is 8.21. The second-order valence-corrected chi connectivity index (χ2v) is 5.89. The van der Waals surface area contributed by atoms with E-state index in [0.717, 1.165) is 17.7 Å². The van der Waals surface area contributed by atoms with Gasteiger partial charge < -0.3 is 11.1 Å². The monoisotopic (exact) mass is 280 g/mol. The summed E-state index contributed by atoms with van der Waals surface area (Å²) in [6.07, 6.45) is 1.72. The second-order valence-electron chi connectivity index (χ2n) is 4.84. The Morgan fingerprint density at radius 2 is 1.84 bits per heavy atom. The SMILES string of the molecule is CCC(CC)(CN)NC(=O)CSc1ccc(C)cc1. The highest BCUT2D eigenvalue weighted by Crippen LogP contribution is 2.19. The van der Waals surface area contributed by atoms with E-state index in [2.05, 4.69) is 38.2 Å². The summed E-state index contributed by atoms with van der Waals surface area (Å²) in [5.41, 5.74) is 6.76. The van der Waals surface area contributed by atoms with Crippen LogP contribution in [0, 0.1) is 6.92 Å². The van der Waals surface area contributed by atoms with E-state index in [1.54, 1.807) is 11.8 Å². The molecule has 0 atom stereocenters. The Morgan fingerprint density at radius 3 is 2.32 bits per heavy atom. The van der Waals surface area contributed by atoms with Crippen LogP contribution in [0.2, 0.25) is 0 Å². The molecule has 0 aromatic heterocycles. The number of aryl methyl sites for hydroxylation is 1. The van der Waals surface area contributed by atoms with Crippen LogP contribution in [-0.2, 0) is 4.79 Å². The van der Waals surface area contributed by atoms with Crippen molar-refractivity contribution in [3.63, 3.8) is 0 Å². The van der Waals surface area contributed by atoms with Crippen molar-refractivity contribution < 1.29 is 4.79 Å². The lowest BCUT2D eigenvalue weighted by Crippen LogP contribution is -2.53. The predicted molar refractivity (Wildman–Crippen MR) is 82.4 cm³/mol. The Labute approximate surface area is 120 Å². The van der Waals surface area contributed by atoms with E-state index in [1.807, 2.05) is 12.1 Å². The van der Waals surface area contributed by atoms with Crippen molar-refractivity contribution in [1.29, 1.82) is 0 Å². The van der Waals surface area contributed by atoms with Gasteiger partial charge in [-0.05, 0) is 31.9 Å². The Kier molecular flexibility index (Phi) is 6.38. The van der Waals surface area contributed by atoms with Gasteiger partial charge in [0.15, 0.2) is 0 Å². The molecule has 0 saturated carbocycles. The summed E-state index contributed by atoms with van der Waals surface area (Å²) in [4.78, 5) is 13.1. The van der Waals surface area contributed by atoms with Crippen LogP contribution in [-0.4, -0.2) is 23.7 Å². The number of carbonyl (C=O) groups is 1. The molecule has 1 amide bonds. The molecule has 4 heteroatoms. The van der Waals surface area contributed by atoms with Crippen LogP contribution in [0.5, 0.6) is 0 Å². The summed E-state index contributed by atoms with van der Waals surface area (Å²) in [5.74, 6) is 0.491. The molecule has 1 rings (SSSR count). The fourth-order valence-electron chi connectivity index (χ4n) is 1.88. The van der Waals surface area contributed by atoms with Gasteiger partial charge in [0.25, 0.3) is 0 Å². The summed E-state index contributed by atoms with van der Waals surface area (Å²) in [7, 11) is 0.